The smallest absolute Gasteiger partial charge is 0.159 e. The van der Waals surface area contributed by atoms with E-state index in [1.165, 1.54) is 5.56 Å². The molecular formula is C15H21NO2. The maximum absolute atomic E-state index is 11.2. The van der Waals surface area contributed by atoms with E-state index in [1.54, 1.807) is 6.92 Å². The van der Waals surface area contributed by atoms with Crippen LogP contribution in [0.3, 0.4) is 0 Å². The lowest BCUT2D eigenvalue weighted by Gasteiger charge is -2.38. The predicted molar refractivity (Wildman–Crippen MR) is 71.8 cm³/mol. The lowest BCUT2D eigenvalue weighted by molar-refractivity contribution is -0.0882. The average molecular weight is 247 g/mol. The number of ether oxygens (including phenoxy) is 1. The molecule has 0 bridgehead atoms. The molecule has 0 unspecified atom stereocenters. The standard InChI is InChI=1S/C15H21NO2/c1-12(17)14-6-4-13(5-7-14)10-16-8-9-18-15(2,3)11-16/h4-7H,8-11H2,1-3H3. The van der Waals surface area contributed by atoms with Crippen molar-refractivity contribution in [1.29, 1.82) is 0 Å². The zero-order chi connectivity index (χ0) is 13.2. The summed E-state index contributed by atoms with van der Waals surface area (Å²) in [5, 5.41) is 0. The van der Waals surface area contributed by atoms with Crippen molar-refractivity contribution in [2.45, 2.75) is 32.9 Å². The largest absolute Gasteiger partial charge is 0.373 e. The lowest BCUT2D eigenvalue weighted by Crippen LogP contribution is -2.47. The van der Waals surface area contributed by atoms with Crippen molar-refractivity contribution in [3.8, 4) is 0 Å². The van der Waals surface area contributed by atoms with Crippen LogP contribution in [0.15, 0.2) is 24.3 Å². The molecule has 1 aromatic rings. The summed E-state index contributed by atoms with van der Waals surface area (Å²) < 4.78 is 5.70. The normalized spacial score (nSPS) is 19.7. The van der Waals surface area contributed by atoms with Gasteiger partial charge < -0.3 is 4.74 Å². The van der Waals surface area contributed by atoms with Crippen molar-refractivity contribution in [3.05, 3.63) is 35.4 Å². The molecular weight excluding hydrogens is 226 g/mol. The van der Waals surface area contributed by atoms with Crippen molar-refractivity contribution in [3.63, 3.8) is 0 Å². The monoisotopic (exact) mass is 247 g/mol. The van der Waals surface area contributed by atoms with Crippen LogP contribution in [-0.2, 0) is 11.3 Å². The molecule has 3 nitrogen and oxygen atoms in total. The van der Waals surface area contributed by atoms with Crippen molar-refractivity contribution in [2.24, 2.45) is 0 Å². The van der Waals surface area contributed by atoms with E-state index in [1.807, 2.05) is 24.3 Å². The third-order valence-electron chi connectivity index (χ3n) is 3.27. The van der Waals surface area contributed by atoms with Gasteiger partial charge in [0.25, 0.3) is 0 Å². The molecule has 1 saturated heterocycles. The van der Waals surface area contributed by atoms with Gasteiger partial charge in [0, 0.05) is 25.2 Å². The van der Waals surface area contributed by atoms with E-state index in [9.17, 15) is 4.79 Å². The molecule has 0 spiro atoms. The molecule has 0 N–H and O–H groups in total. The van der Waals surface area contributed by atoms with E-state index < -0.39 is 0 Å². The number of Topliss-reactive ketones (excluding diaryl/α,β-unsaturated/α-hetero) is 1. The molecule has 98 valence electrons. The third kappa shape index (κ3) is 3.40. The molecule has 0 amide bonds. The molecule has 1 aliphatic rings. The second kappa shape index (κ2) is 5.21. The first-order valence-electron chi connectivity index (χ1n) is 6.42. The minimum atomic E-state index is -0.0580. The fourth-order valence-corrected chi connectivity index (χ4v) is 2.35. The van der Waals surface area contributed by atoms with Crippen molar-refractivity contribution < 1.29 is 9.53 Å². The van der Waals surface area contributed by atoms with Gasteiger partial charge in [-0.05, 0) is 26.3 Å². The van der Waals surface area contributed by atoms with E-state index in [0.29, 0.717) is 0 Å². The van der Waals surface area contributed by atoms with E-state index in [0.717, 1.165) is 31.8 Å². The average Bonchev–Trinajstić information content (AvgIpc) is 2.28. The van der Waals surface area contributed by atoms with Crippen LogP contribution in [-0.4, -0.2) is 36.0 Å². The Morgan fingerprint density at radius 2 is 2.00 bits per heavy atom. The quantitative estimate of drug-likeness (QED) is 0.769. The SMILES string of the molecule is CC(=O)c1ccc(CN2CCOC(C)(C)C2)cc1. The summed E-state index contributed by atoms with van der Waals surface area (Å²) in [6.45, 7) is 9.47. The Morgan fingerprint density at radius 1 is 1.33 bits per heavy atom. The van der Waals surface area contributed by atoms with Gasteiger partial charge in [0.2, 0.25) is 0 Å². The molecule has 1 aromatic carbocycles. The summed E-state index contributed by atoms with van der Waals surface area (Å²) in [5.74, 6) is 0.119. The highest BCUT2D eigenvalue weighted by molar-refractivity contribution is 5.93. The van der Waals surface area contributed by atoms with Gasteiger partial charge in [0.05, 0.1) is 12.2 Å². The van der Waals surface area contributed by atoms with Gasteiger partial charge in [-0.1, -0.05) is 24.3 Å². The molecule has 3 heteroatoms. The Morgan fingerprint density at radius 3 is 2.56 bits per heavy atom. The molecule has 1 heterocycles. The second-order valence-corrected chi connectivity index (χ2v) is 5.57. The molecule has 0 aromatic heterocycles. The number of ketones is 1. The number of morpholine rings is 1. The third-order valence-corrected chi connectivity index (χ3v) is 3.27. The molecule has 0 atom stereocenters. The number of carbonyl (C=O) groups is 1. The molecule has 18 heavy (non-hydrogen) atoms. The number of benzene rings is 1. The Hall–Kier alpha value is -1.19. The maximum Gasteiger partial charge on any atom is 0.159 e. The van der Waals surface area contributed by atoms with E-state index in [4.69, 9.17) is 4.74 Å². The first-order valence-corrected chi connectivity index (χ1v) is 6.42. The van der Waals surface area contributed by atoms with Crippen LogP contribution >= 0.6 is 0 Å². The fourth-order valence-electron chi connectivity index (χ4n) is 2.35. The van der Waals surface area contributed by atoms with E-state index >= 15 is 0 Å². The molecule has 0 radical (unpaired) electrons. The first kappa shape index (κ1) is 13.2. The minimum Gasteiger partial charge on any atom is -0.373 e. The van der Waals surface area contributed by atoms with E-state index in [-0.39, 0.29) is 11.4 Å². The van der Waals surface area contributed by atoms with Crippen LogP contribution in [0, 0.1) is 0 Å². The summed E-state index contributed by atoms with van der Waals surface area (Å²) >= 11 is 0. The van der Waals surface area contributed by atoms with Crippen LogP contribution in [0.25, 0.3) is 0 Å². The van der Waals surface area contributed by atoms with Crippen molar-refractivity contribution in [1.82, 2.24) is 4.90 Å². The Bertz CT molecular complexity index is 423. The molecule has 1 fully saturated rings. The van der Waals surface area contributed by atoms with Crippen molar-refractivity contribution in [2.75, 3.05) is 19.7 Å². The Kier molecular flexibility index (Phi) is 3.83. The summed E-state index contributed by atoms with van der Waals surface area (Å²) in [7, 11) is 0. The predicted octanol–water partition coefficient (Wildman–Crippen LogP) is 2.50. The van der Waals surface area contributed by atoms with Crippen LogP contribution in [0.1, 0.15) is 36.7 Å². The number of rotatable bonds is 3. The molecule has 0 saturated carbocycles. The van der Waals surface area contributed by atoms with Crippen LogP contribution < -0.4 is 0 Å². The highest BCUT2D eigenvalue weighted by atomic mass is 16.5. The Balaban J connectivity index is 1.99. The first-order chi connectivity index (χ1) is 8.46. The van der Waals surface area contributed by atoms with Crippen LogP contribution in [0.4, 0.5) is 0 Å². The number of carbonyl (C=O) groups excluding carboxylic acids is 1. The van der Waals surface area contributed by atoms with Crippen molar-refractivity contribution >= 4 is 5.78 Å². The summed E-state index contributed by atoms with van der Waals surface area (Å²) in [5.41, 5.74) is 1.97. The lowest BCUT2D eigenvalue weighted by atomic mass is 10.1. The van der Waals surface area contributed by atoms with Gasteiger partial charge in [-0.2, -0.15) is 0 Å². The maximum atomic E-state index is 11.2. The van der Waals surface area contributed by atoms with Gasteiger partial charge in [0.1, 0.15) is 0 Å². The van der Waals surface area contributed by atoms with Gasteiger partial charge in [0.15, 0.2) is 5.78 Å². The summed E-state index contributed by atoms with van der Waals surface area (Å²) in [6, 6.07) is 7.89. The Labute approximate surface area is 109 Å². The van der Waals surface area contributed by atoms with Gasteiger partial charge in [-0.15, -0.1) is 0 Å². The molecule has 0 aliphatic carbocycles. The highest BCUT2D eigenvalue weighted by Crippen LogP contribution is 2.18. The minimum absolute atomic E-state index is 0.0580. The summed E-state index contributed by atoms with van der Waals surface area (Å²) in [6.07, 6.45) is 0. The number of hydrogen-bond acceptors (Lipinski definition) is 3. The van der Waals surface area contributed by atoms with Gasteiger partial charge in [-0.25, -0.2) is 0 Å². The van der Waals surface area contributed by atoms with Gasteiger partial charge >= 0.3 is 0 Å². The number of nitrogens with zero attached hydrogens (tertiary/aromatic N) is 1. The zero-order valence-electron chi connectivity index (χ0n) is 11.4. The van der Waals surface area contributed by atoms with Crippen LogP contribution in [0.5, 0.6) is 0 Å². The topological polar surface area (TPSA) is 29.5 Å². The molecule has 2 rings (SSSR count). The van der Waals surface area contributed by atoms with E-state index in [2.05, 4.69) is 18.7 Å². The highest BCUT2D eigenvalue weighted by Gasteiger charge is 2.26. The second-order valence-electron chi connectivity index (χ2n) is 5.57. The van der Waals surface area contributed by atoms with Gasteiger partial charge in [-0.3, -0.25) is 9.69 Å². The zero-order valence-corrected chi connectivity index (χ0v) is 11.4. The van der Waals surface area contributed by atoms with Crippen LogP contribution in [0.2, 0.25) is 0 Å². The molecule has 1 aliphatic heterocycles. The number of hydrogen-bond donors (Lipinski definition) is 0. The fraction of sp³-hybridized carbons (Fsp3) is 0.533. The summed E-state index contributed by atoms with van der Waals surface area (Å²) in [4.78, 5) is 13.6.